The van der Waals surface area contributed by atoms with Crippen molar-refractivity contribution in [3.05, 3.63) is 77.6 Å². The molecule has 1 aliphatic heterocycles. The van der Waals surface area contributed by atoms with Crippen LogP contribution in [0.25, 0.3) is 0 Å². The molecule has 3 atom stereocenters. The summed E-state index contributed by atoms with van der Waals surface area (Å²) in [6, 6.07) is 19.5. The van der Waals surface area contributed by atoms with Crippen molar-refractivity contribution in [1.29, 1.82) is 0 Å². The summed E-state index contributed by atoms with van der Waals surface area (Å²) in [6.45, 7) is 2.95. The lowest BCUT2D eigenvalue weighted by Crippen LogP contribution is -2.39. The first kappa shape index (κ1) is 18.3. The molecule has 0 radical (unpaired) electrons. The third kappa shape index (κ3) is 3.66. The number of benzene rings is 2. The van der Waals surface area contributed by atoms with E-state index in [0.29, 0.717) is 25.3 Å². The highest BCUT2D eigenvalue weighted by atomic mass is 16.2. The topological polar surface area (TPSA) is 89.9 Å². The first-order valence-electron chi connectivity index (χ1n) is 9.51. The molecule has 0 bridgehead atoms. The van der Waals surface area contributed by atoms with E-state index in [9.17, 15) is 4.79 Å². The van der Waals surface area contributed by atoms with E-state index in [1.807, 2.05) is 60.4 Å². The average Bonchev–Trinajstić information content (AvgIpc) is 3.33. The minimum atomic E-state index is -0.487. The van der Waals surface area contributed by atoms with Crippen LogP contribution in [-0.2, 0) is 11.2 Å². The number of hydrogen-bond donors (Lipinski definition) is 1. The van der Waals surface area contributed by atoms with Gasteiger partial charge in [0.05, 0.1) is 0 Å². The van der Waals surface area contributed by atoms with Crippen LogP contribution in [0.1, 0.15) is 28.9 Å². The third-order valence-corrected chi connectivity index (χ3v) is 5.41. The number of nitrogens with two attached hydrogens (primary N) is 1. The molecule has 1 saturated heterocycles. The molecule has 1 amide bonds. The monoisotopic (exact) mass is 376 g/mol. The summed E-state index contributed by atoms with van der Waals surface area (Å²) in [5, 5.41) is 11.8. The van der Waals surface area contributed by atoms with E-state index in [2.05, 4.69) is 27.7 Å². The fourth-order valence-electron chi connectivity index (χ4n) is 3.91. The van der Waals surface area contributed by atoms with Crippen LogP contribution in [0.15, 0.2) is 60.7 Å². The zero-order valence-electron chi connectivity index (χ0n) is 15.8. The molecular weight excluding hydrogens is 352 g/mol. The summed E-state index contributed by atoms with van der Waals surface area (Å²) in [5.41, 5.74) is 8.64. The molecule has 4 rings (SSSR count). The second-order valence-electron chi connectivity index (χ2n) is 7.30. The molecule has 2 aromatic carbocycles. The molecule has 3 aromatic rings. The van der Waals surface area contributed by atoms with Crippen molar-refractivity contribution in [3.63, 3.8) is 0 Å². The summed E-state index contributed by atoms with van der Waals surface area (Å²) in [4.78, 5) is 15.3. The van der Waals surface area contributed by atoms with Crippen molar-refractivity contribution in [2.24, 2.45) is 5.73 Å². The van der Waals surface area contributed by atoms with Crippen LogP contribution in [0.2, 0.25) is 0 Å². The second kappa shape index (κ2) is 7.90. The van der Waals surface area contributed by atoms with Gasteiger partial charge < -0.3 is 10.6 Å². The molecule has 0 aliphatic carbocycles. The number of rotatable bonds is 5. The van der Waals surface area contributed by atoms with Crippen molar-refractivity contribution in [2.45, 2.75) is 31.3 Å². The average molecular weight is 376 g/mol. The molecule has 7 nitrogen and oxygen atoms in total. The number of tetrazole rings is 1. The van der Waals surface area contributed by atoms with Crippen molar-refractivity contribution in [1.82, 2.24) is 25.1 Å². The van der Waals surface area contributed by atoms with E-state index in [1.165, 1.54) is 5.56 Å². The number of amides is 1. The molecule has 0 spiro atoms. The van der Waals surface area contributed by atoms with E-state index in [0.717, 1.165) is 5.56 Å². The largest absolute Gasteiger partial charge is 0.339 e. The van der Waals surface area contributed by atoms with Gasteiger partial charge in [-0.25, -0.2) is 4.68 Å². The van der Waals surface area contributed by atoms with Crippen LogP contribution < -0.4 is 5.73 Å². The molecule has 1 aromatic heterocycles. The first-order chi connectivity index (χ1) is 13.6. The molecule has 2 N–H and O–H groups in total. The molecule has 1 aliphatic rings. The highest BCUT2D eigenvalue weighted by Crippen LogP contribution is 2.29. The molecule has 0 saturated carbocycles. The van der Waals surface area contributed by atoms with E-state index >= 15 is 0 Å². The molecule has 2 heterocycles. The molecule has 144 valence electrons. The van der Waals surface area contributed by atoms with Gasteiger partial charge in [-0.05, 0) is 28.5 Å². The zero-order valence-corrected chi connectivity index (χ0v) is 15.8. The Labute approximate surface area is 164 Å². The number of carbonyl (C=O) groups excluding carboxylic acids is 1. The second-order valence-corrected chi connectivity index (χ2v) is 7.30. The van der Waals surface area contributed by atoms with Gasteiger partial charge in [0.2, 0.25) is 5.91 Å². The number of carbonyl (C=O) groups is 1. The van der Waals surface area contributed by atoms with Gasteiger partial charge in [0, 0.05) is 31.5 Å². The molecule has 1 unspecified atom stereocenters. The standard InChI is InChI=1S/C21H24N6O/c1-15-23-24-25-27(15)20(12-16-8-4-2-5-9-16)21(28)26-13-18(19(22)14-26)17-10-6-3-7-11-17/h2-11,18-20H,12-14,22H2,1H3/t18-,19+,20?/m0/s1. The Kier molecular flexibility index (Phi) is 5.16. The van der Waals surface area contributed by atoms with Gasteiger partial charge in [-0.2, -0.15) is 0 Å². The Morgan fingerprint density at radius 1 is 1.11 bits per heavy atom. The van der Waals surface area contributed by atoms with Crippen LogP contribution >= 0.6 is 0 Å². The number of aryl methyl sites for hydroxylation is 1. The minimum absolute atomic E-state index is 0.00753. The highest BCUT2D eigenvalue weighted by Gasteiger charge is 2.37. The normalized spacial score (nSPS) is 20.3. The van der Waals surface area contributed by atoms with Gasteiger partial charge in [-0.3, -0.25) is 4.79 Å². The number of likely N-dealkylation sites (tertiary alicyclic amines) is 1. The smallest absolute Gasteiger partial charge is 0.248 e. The Bertz CT molecular complexity index is 926. The summed E-state index contributed by atoms with van der Waals surface area (Å²) in [6.07, 6.45) is 0.535. The van der Waals surface area contributed by atoms with Gasteiger partial charge in [0.1, 0.15) is 11.9 Å². The Morgan fingerprint density at radius 3 is 2.43 bits per heavy atom. The van der Waals surface area contributed by atoms with Crippen LogP contribution in [0.5, 0.6) is 0 Å². The first-order valence-corrected chi connectivity index (χ1v) is 9.51. The van der Waals surface area contributed by atoms with Gasteiger partial charge in [-0.1, -0.05) is 60.7 Å². The Morgan fingerprint density at radius 2 is 1.79 bits per heavy atom. The van der Waals surface area contributed by atoms with Gasteiger partial charge in [-0.15, -0.1) is 5.10 Å². The van der Waals surface area contributed by atoms with Crippen LogP contribution in [0, 0.1) is 6.92 Å². The number of nitrogens with zero attached hydrogens (tertiary/aromatic N) is 5. The predicted molar refractivity (Wildman–Crippen MR) is 105 cm³/mol. The fourth-order valence-corrected chi connectivity index (χ4v) is 3.91. The van der Waals surface area contributed by atoms with Crippen molar-refractivity contribution < 1.29 is 4.79 Å². The van der Waals surface area contributed by atoms with E-state index < -0.39 is 6.04 Å². The molecular formula is C21H24N6O. The number of aromatic nitrogens is 4. The number of hydrogen-bond acceptors (Lipinski definition) is 5. The summed E-state index contributed by atoms with van der Waals surface area (Å²) >= 11 is 0. The lowest BCUT2D eigenvalue weighted by molar-refractivity contribution is -0.134. The summed E-state index contributed by atoms with van der Waals surface area (Å²) in [7, 11) is 0. The summed E-state index contributed by atoms with van der Waals surface area (Å²) in [5.74, 6) is 0.767. The third-order valence-electron chi connectivity index (χ3n) is 5.41. The maximum absolute atomic E-state index is 13.5. The maximum Gasteiger partial charge on any atom is 0.248 e. The summed E-state index contributed by atoms with van der Waals surface area (Å²) < 4.78 is 1.62. The maximum atomic E-state index is 13.5. The fraction of sp³-hybridized carbons (Fsp3) is 0.333. The van der Waals surface area contributed by atoms with Gasteiger partial charge >= 0.3 is 0 Å². The lowest BCUT2D eigenvalue weighted by Gasteiger charge is -2.24. The Hall–Kier alpha value is -3.06. The van der Waals surface area contributed by atoms with Crippen molar-refractivity contribution >= 4 is 5.91 Å². The van der Waals surface area contributed by atoms with Crippen LogP contribution in [-0.4, -0.2) is 50.1 Å². The van der Waals surface area contributed by atoms with Gasteiger partial charge in [0.25, 0.3) is 0 Å². The van der Waals surface area contributed by atoms with Crippen LogP contribution in [0.3, 0.4) is 0 Å². The minimum Gasteiger partial charge on any atom is -0.339 e. The van der Waals surface area contributed by atoms with E-state index in [-0.39, 0.29) is 17.9 Å². The SMILES string of the molecule is Cc1nnnn1C(Cc1ccccc1)C(=O)N1C[C@@H](N)[C@H](c2ccccc2)C1. The lowest BCUT2D eigenvalue weighted by atomic mass is 9.95. The van der Waals surface area contributed by atoms with Crippen molar-refractivity contribution in [2.75, 3.05) is 13.1 Å². The van der Waals surface area contributed by atoms with E-state index in [1.54, 1.807) is 4.68 Å². The van der Waals surface area contributed by atoms with Gasteiger partial charge in [0.15, 0.2) is 0 Å². The van der Waals surface area contributed by atoms with E-state index in [4.69, 9.17) is 5.73 Å². The zero-order chi connectivity index (χ0) is 19.5. The predicted octanol–water partition coefficient (Wildman–Crippen LogP) is 1.72. The van der Waals surface area contributed by atoms with Crippen LogP contribution in [0.4, 0.5) is 0 Å². The molecule has 28 heavy (non-hydrogen) atoms. The highest BCUT2D eigenvalue weighted by molar-refractivity contribution is 5.81. The van der Waals surface area contributed by atoms with Crippen molar-refractivity contribution in [3.8, 4) is 0 Å². The Balaban J connectivity index is 1.58. The molecule has 1 fully saturated rings. The quantitative estimate of drug-likeness (QED) is 0.732. The molecule has 7 heteroatoms.